The average molecular weight is 406 g/mol. The number of aromatic nitrogens is 1. The van der Waals surface area contributed by atoms with Gasteiger partial charge < -0.3 is 19.2 Å². The number of para-hydroxylation sites is 2. The molecule has 2 rings (SSSR count). The molecule has 1 amide bonds. The maximum Gasteiger partial charge on any atom is 0.327 e. The normalized spacial score (nSPS) is 13.2. The molecular weight excluding hydrogens is 379 g/mol. The Morgan fingerprint density at radius 2 is 2.14 bits per heavy atom. The van der Waals surface area contributed by atoms with Gasteiger partial charge in [-0.1, -0.05) is 25.1 Å². The molecule has 0 spiro atoms. The number of carbonyl (C=O) groups is 2. The largest absolute Gasteiger partial charge is 0.480 e. The van der Waals surface area contributed by atoms with E-state index in [-0.39, 0.29) is 38.5 Å². The molecule has 1 aromatic carbocycles. The number of nitrogens with zero attached hydrogens (tertiary/aromatic N) is 2. The number of alkyl halides is 1. The summed E-state index contributed by atoms with van der Waals surface area (Å²) in [5, 5.41) is 9.78. The van der Waals surface area contributed by atoms with E-state index in [1.165, 1.54) is 4.90 Å². The highest BCUT2D eigenvalue weighted by Crippen LogP contribution is 2.20. The van der Waals surface area contributed by atoms with E-state index < -0.39 is 30.5 Å². The van der Waals surface area contributed by atoms with Crippen LogP contribution in [0.5, 0.6) is 0 Å². The molecule has 0 aliphatic heterocycles. The number of halogens is 1. The van der Waals surface area contributed by atoms with Crippen molar-refractivity contribution in [1.82, 2.24) is 9.88 Å². The molecule has 1 aromatic heterocycles. The zero-order valence-corrected chi connectivity index (χ0v) is 16.6. The van der Waals surface area contributed by atoms with Gasteiger partial charge >= 0.3 is 5.97 Å². The quantitative estimate of drug-likeness (QED) is 0.405. The van der Waals surface area contributed by atoms with E-state index in [4.69, 9.17) is 9.15 Å². The number of fused-ring (bicyclic) bond motifs is 1. The summed E-state index contributed by atoms with van der Waals surface area (Å²) in [5.74, 6) is -1.76. The predicted molar refractivity (Wildman–Crippen MR) is 106 cm³/mol. The van der Waals surface area contributed by atoms with Crippen molar-refractivity contribution >= 4 is 23.0 Å². The van der Waals surface area contributed by atoms with E-state index in [9.17, 15) is 19.1 Å². The van der Waals surface area contributed by atoms with E-state index in [0.29, 0.717) is 17.5 Å². The van der Waals surface area contributed by atoms with Crippen LogP contribution in [-0.4, -0.2) is 59.3 Å². The molecule has 0 fully saturated rings. The van der Waals surface area contributed by atoms with E-state index in [2.05, 4.69) is 11.6 Å². The van der Waals surface area contributed by atoms with Gasteiger partial charge in [-0.2, -0.15) is 0 Å². The highest BCUT2D eigenvalue weighted by atomic mass is 19.1. The van der Waals surface area contributed by atoms with Crippen molar-refractivity contribution in [2.24, 2.45) is 5.92 Å². The zero-order chi connectivity index (χ0) is 21.2. The Bertz CT molecular complexity index is 789. The number of oxazole rings is 1. The second-order valence-electron chi connectivity index (χ2n) is 6.59. The SMILES string of the molecule is C=C[C@@H](CC)C(C(=O)O)N(CCOCCCF)C(=O)Cc1nc2ccccc2o1. The standard InChI is InChI=1S/C21H27FN2O5/c1-3-15(4-2)20(21(26)27)24(11-13-28-12-7-10-22)19(25)14-18-23-16-8-5-6-9-17(16)29-18/h3,5-6,8-9,15,20H,1,4,7,10-14H2,2H3,(H,26,27)/t15-,20?/m0/s1. The predicted octanol–water partition coefficient (Wildman–Crippen LogP) is 3.24. The summed E-state index contributed by atoms with van der Waals surface area (Å²) in [4.78, 5) is 30.5. The van der Waals surface area contributed by atoms with Gasteiger partial charge in [-0.15, -0.1) is 6.58 Å². The second-order valence-corrected chi connectivity index (χ2v) is 6.59. The fraction of sp³-hybridized carbons (Fsp3) is 0.476. The Hall–Kier alpha value is -2.74. The van der Waals surface area contributed by atoms with Gasteiger partial charge in [0.1, 0.15) is 18.0 Å². The Balaban J connectivity index is 2.19. The molecule has 158 valence electrons. The molecule has 1 unspecified atom stereocenters. The van der Waals surface area contributed by atoms with E-state index in [1.54, 1.807) is 24.3 Å². The van der Waals surface area contributed by atoms with Crippen molar-refractivity contribution < 1.29 is 28.2 Å². The fourth-order valence-electron chi connectivity index (χ4n) is 3.13. The van der Waals surface area contributed by atoms with Gasteiger partial charge in [-0.25, -0.2) is 9.78 Å². The number of hydrogen-bond donors (Lipinski definition) is 1. The third-order valence-electron chi connectivity index (χ3n) is 4.63. The minimum atomic E-state index is -1.12. The van der Waals surface area contributed by atoms with Crippen LogP contribution in [0.3, 0.4) is 0 Å². The Labute approximate surface area is 169 Å². The van der Waals surface area contributed by atoms with Crippen LogP contribution in [0.4, 0.5) is 4.39 Å². The number of carboxylic acid groups (broad SMARTS) is 1. The summed E-state index contributed by atoms with van der Waals surface area (Å²) in [5.41, 5.74) is 1.19. The number of ether oxygens (including phenoxy) is 1. The van der Waals surface area contributed by atoms with Crippen molar-refractivity contribution in [3.8, 4) is 0 Å². The van der Waals surface area contributed by atoms with Crippen LogP contribution in [-0.2, 0) is 20.7 Å². The topological polar surface area (TPSA) is 92.9 Å². The van der Waals surface area contributed by atoms with Gasteiger partial charge in [0, 0.05) is 19.1 Å². The maximum atomic E-state index is 13.0. The lowest BCUT2D eigenvalue weighted by Crippen LogP contribution is -2.50. The Kier molecular flexibility index (Phi) is 8.79. The molecule has 0 radical (unpaired) electrons. The second kappa shape index (κ2) is 11.3. The number of amides is 1. The molecule has 0 saturated heterocycles. The van der Waals surface area contributed by atoms with Crippen LogP contribution in [0.25, 0.3) is 11.1 Å². The molecule has 0 aliphatic carbocycles. The molecule has 1 N–H and O–H groups in total. The molecule has 2 aromatic rings. The van der Waals surface area contributed by atoms with Crippen LogP contribution in [0.1, 0.15) is 25.7 Å². The van der Waals surface area contributed by atoms with Crippen LogP contribution < -0.4 is 0 Å². The highest BCUT2D eigenvalue weighted by Gasteiger charge is 2.34. The first-order valence-corrected chi connectivity index (χ1v) is 9.64. The van der Waals surface area contributed by atoms with E-state index in [1.807, 2.05) is 13.0 Å². The number of aliphatic carboxylic acids is 1. The van der Waals surface area contributed by atoms with E-state index >= 15 is 0 Å². The minimum Gasteiger partial charge on any atom is -0.480 e. The molecule has 1 heterocycles. The molecule has 29 heavy (non-hydrogen) atoms. The van der Waals surface area contributed by atoms with Gasteiger partial charge in [-0.3, -0.25) is 9.18 Å². The number of hydrogen-bond acceptors (Lipinski definition) is 5. The van der Waals surface area contributed by atoms with Crippen molar-refractivity contribution in [2.75, 3.05) is 26.4 Å². The molecular formula is C21H27FN2O5. The first kappa shape index (κ1) is 22.5. The summed E-state index contributed by atoms with van der Waals surface area (Å²) in [6.07, 6.45) is 2.14. The van der Waals surface area contributed by atoms with Crippen molar-refractivity contribution in [2.45, 2.75) is 32.2 Å². The third-order valence-corrected chi connectivity index (χ3v) is 4.63. The number of benzene rings is 1. The lowest BCUT2D eigenvalue weighted by atomic mass is 9.95. The highest BCUT2D eigenvalue weighted by molar-refractivity contribution is 5.85. The summed E-state index contributed by atoms with van der Waals surface area (Å²) in [6.45, 7) is 5.43. The smallest absolute Gasteiger partial charge is 0.327 e. The summed E-state index contributed by atoms with van der Waals surface area (Å²) < 4.78 is 23.2. The Morgan fingerprint density at radius 1 is 1.38 bits per heavy atom. The third kappa shape index (κ3) is 6.12. The van der Waals surface area contributed by atoms with E-state index in [0.717, 1.165) is 0 Å². The number of carbonyl (C=O) groups excluding carboxylic acids is 1. The zero-order valence-electron chi connectivity index (χ0n) is 16.6. The Morgan fingerprint density at radius 3 is 2.76 bits per heavy atom. The molecule has 8 heteroatoms. The summed E-state index contributed by atoms with van der Waals surface area (Å²) in [7, 11) is 0. The van der Waals surface area contributed by atoms with Crippen LogP contribution in [0, 0.1) is 5.92 Å². The van der Waals surface area contributed by atoms with Gasteiger partial charge in [0.05, 0.1) is 13.3 Å². The average Bonchev–Trinajstić information content (AvgIpc) is 3.11. The summed E-state index contributed by atoms with van der Waals surface area (Å²) >= 11 is 0. The van der Waals surface area contributed by atoms with Crippen LogP contribution >= 0.6 is 0 Å². The van der Waals surface area contributed by atoms with Gasteiger partial charge in [0.2, 0.25) is 11.8 Å². The molecule has 2 atom stereocenters. The van der Waals surface area contributed by atoms with Crippen LogP contribution in [0.15, 0.2) is 41.3 Å². The fourth-order valence-corrected chi connectivity index (χ4v) is 3.13. The minimum absolute atomic E-state index is 0.0622. The maximum absolute atomic E-state index is 13.0. The monoisotopic (exact) mass is 406 g/mol. The first-order valence-electron chi connectivity index (χ1n) is 9.64. The van der Waals surface area contributed by atoms with Gasteiger partial charge in [-0.05, 0) is 25.0 Å². The molecule has 0 saturated carbocycles. The number of rotatable bonds is 13. The lowest BCUT2D eigenvalue weighted by molar-refractivity contribution is -0.152. The molecule has 0 bridgehead atoms. The van der Waals surface area contributed by atoms with Gasteiger partial charge in [0.15, 0.2) is 5.58 Å². The van der Waals surface area contributed by atoms with Crippen molar-refractivity contribution in [3.63, 3.8) is 0 Å². The number of carboxylic acids is 1. The molecule has 0 aliphatic rings. The lowest BCUT2D eigenvalue weighted by Gasteiger charge is -2.32. The van der Waals surface area contributed by atoms with Crippen LogP contribution in [0.2, 0.25) is 0 Å². The van der Waals surface area contributed by atoms with Crippen molar-refractivity contribution in [3.05, 3.63) is 42.8 Å². The summed E-state index contributed by atoms with van der Waals surface area (Å²) in [6, 6.07) is 6.05. The van der Waals surface area contributed by atoms with Gasteiger partial charge in [0.25, 0.3) is 0 Å². The molecule has 7 nitrogen and oxygen atoms in total. The first-order chi connectivity index (χ1) is 14.0. The van der Waals surface area contributed by atoms with Crippen molar-refractivity contribution in [1.29, 1.82) is 0 Å².